The van der Waals surface area contributed by atoms with Gasteiger partial charge in [-0.25, -0.2) is 9.37 Å². The molecule has 2 heterocycles. The SMILES string of the molecule is O=C(COc1ccc(Cl)cc1)NCC1CCN(c2nc(Cc3ccc(F)cc3)ns2)CC1. The van der Waals surface area contributed by atoms with Crippen molar-refractivity contribution in [1.82, 2.24) is 14.7 Å². The zero-order valence-electron chi connectivity index (χ0n) is 17.5. The second kappa shape index (κ2) is 10.7. The van der Waals surface area contributed by atoms with Crippen LogP contribution in [0, 0.1) is 11.7 Å². The molecule has 9 heteroatoms. The highest BCUT2D eigenvalue weighted by molar-refractivity contribution is 7.09. The largest absolute Gasteiger partial charge is 0.484 e. The van der Waals surface area contributed by atoms with Crippen LogP contribution in [0.25, 0.3) is 0 Å². The Morgan fingerprint density at radius 3 is 2.59 bits per heavy atom. The van der Waals surface area contributed by atoms with E-state index in [2.05, 4.69) is 19.6 Å². The van der Waals surface area contributed by atoms with Crippen LogP contribution in [0.4, 0.5) is 9.52 Å². The Labute approximate surface area is 195 Å². The molecule has 1 fully saturated rings. The number of hydrogen-bond donors (Lipinski definition) is 1. The topological polar surface area (TPSA) is 67.3 Å². The van der Waals surface area contributed by atoms with Gasteiger partial charge >= 0.3 is 0 Å². The Bertz CT molecular complexity index is 1020. The molecule has 0 atom stereocenters. The number of rotatable bonds is 8. The molecule has 1 saturated heterocycles. The van der Waals surface area contributed by atoms with Gasteiger partial charge in [0.1, 0.15) is 17.4 Å². The van der Waals surface area contributed by atoms with E-state index in [1.54, 1.807) is 36.4 Å². The number of nitrogens with one attached hydrogen (secondary N) is 1. The van der Waals surface area contributed by atoms with Gasteiger partial charge in [0.2, 0.25) is 5.13 Å². The fraction of sp³-hybridized carbons (Fsp3) is 0.348. The van der Waals surface area contributed by atoms with Crippen LogP contribution in [0.3, 0.4) is 0 Å². The molecule has 4 rings (SSSR count). The normalized spacial score (nSPS) is 14.4. The first kappa shape index (κ1) is 22.5. The van der Waals surface area contributed by atoms with Gasteiger partial charge in [0, 0.05) is 42.6 Å². The van der Waals surface area contributed by atoms with Crippen molar-refractivity contribution < 1.29 is 13.9 Å². The fourth-order valence-electron chi connectivity index (χ4n) is 3.55. The van der Waals surface area contributed by atoms with Gasteiger partial charge in [-0.1, -0.05) is 23.7 Å². The molecule has 0 bridgehead atoms. The minimum atomic E-state index is -0.242. The molecule has 0 radical (unpaired) electrons. The number of piperidine rings is 1. The predicted molar refractivity (Wildman–Crippen MR) is 124 cm³/mol. The van der Waals surface area contributed by atoms with Crippen molar-refractivity contribution in [2.45, 2.75) is 19.3 Å². The minimum Gasteiger partial charge on any atom is -0.484 e. The van der Waals surface area contributed by atoms with Gasteiger partial charge in [-0.15, -0.1) is 0 Å². The summed E-state index contributed by atoms with van der Waals surface area (Å²) in [5.74, 6) is 1.43. The molecule has 0 saturated carbocycles. The number of nitrogens with zero attached hydrogens (tertiary/aromatic N) is 3. The molecule has 32 heavy (non-hydrogen) atoms. The smallest absolute Gasteiger partial charge is 0.257 e. The maximum atomic E-state index is 13.1. The molecule has 0 spiro atoms. The molecule has 1 aromatic heterocycles. The first-order valence-corrected chi connectivity index (χ1v) is 11.7. The number of hydrogen-bond acceptors (Lipinski definition) is 6. The lowest BCUT2D eigenvalue weighted by Gasteiger charge is -2.31. The van der Waals surface area contributed by atoms with E-state index in [1.165, 1.54) is 23.7 Å². The van der Waals surface area contributed by atoms with Crippen molar-refractivity contribution in [3.63, 3.8) is 0 Å². The van der Waals surface area contributed by atoms with Crippen molar-refractivity contribution in [2.75, 3.05) is 31.1 Å². The maximum Gasteiger partial charge on any atom is 0.257 e. The van der Waals surface area contributed by atoms with Crippen LogP contribution in [0.2, 0.25) is 5.02 Å². The molecule has 1 amide bonds. The summed E-state index contributed by atoms with van der Waals surface area (Å²) in [6.07, 6.45) is 2.55. The standard InChI is InChI=1S/C23H24ClFN4O2S/c24-18-3-7-20(8-4-18)31-15-22(30)26-14-17-9-11-29(12-10-17)23-27-21(28-32-23)13-16-1-5-19(25)6-2-16/h1-8,17H,9-15H2,(H,26,30). The second-order valence-corrected chi connectivity index (χ2v) is 8.94. The highest BCUT2D eigenvalue weighted by Crippen LogP contribution is 2.25. The van der Waals surface area contributed by atoms with Crippen LogP contribution in [0.15, 0.2) is 48.5 Å². The van der Waals surface area contributed by atoms with E-state index in [0.29, 0.717) is 29.7 Å². The van der Waals surface area contributed by atoms with Gasteiger partial charge in [-0.2, -0.15) is 4.37 Å². The van der Waals surface area contributed by atoms with Crippen molar-refractivity contribution in [1.29, 1.82) is 0 Å². The summed E-state index contributed by atoms with van der Waals surface area (Å²) < 4.78 is 23.0. The third-order valence-corrected chi connectivity index (χ3v) is 6.46. The molecule has 168 valence electrons. The number of carbonyl (C=O) groups excluding carboxylic acids is 1. The molecular formula is C23H24ClFN4O2S. The monoisotopic (exact) mass is 474 g/mol. The number of aromatic nitrogens is 2. The molecule has 1 aliphatic heterocycles. The summed E-state index contributed by atoms with van der Waals surface area (Å²) in [4.78, 5) is 19.0. The Morgan fingerprint density at radius 2 is 1.88 bits per heavy atom. The van der Waals surface area contributed by atoms with Crippen LogP contribution >= 0.6 is 23.1 Å². The Morgan fingerprint density at radius 1 is 1.16 bits per heavy atom. The number of benzene rings is 2. The predicted octanol–water partition coefficient (Wildman–Crippen LogP) is 4.33. The van der Waals surface area contributed by atoms with E-state index in [-0.39, 0.29) is 18.3 Å². The van der Waals surface area contributed by atoms with E-state index < -0.39 is 0 Å². The lowest BCUT2D eigenvalue weighted by Crippen LogP contribution is -2.39. The van der Waals surface area contributed by atoms with Gasteiger partial charge in [-0.05, 0) is 60.7 Å². The first-order chi connectivity index (χ1) is 15.5. The Balaban J connectivity index is 1.17. The second-order valence-electron chi connectivity index (χ2n) is 7.77. The van der Waals surface area contributed by atoms with E-state index >= 15 is 0 Å². The highest BCUT2D eigenvalue weighted by atomic mass is 35.5. The summed E-state index contributed by atoms with van der Waals surface area (Å²) in [6, 6.07) is 13.4. The summed E-state index contributed by atoms with van der Waals surface area (Å²) in [5.41, 5.74) is 0.991. The quantitative estimate of drug-likeness (QED) is 0.526. The van der Waals surface area contributed by atoms with Crippen LogP contribution in [0.5, 0.6) is 5.75 Å². The zero-order valence-corrected chi connectivity index (χ0v) is 19.0. The Hall–Kier alpha value is -2.71. The lowest BCUT2D eigenvalue weighted by atomic mass is 9.97. The number of anilines is 1. The van der Waals surface area contributed by atoms with Gasteiger partial charge in [0.25, 0.3) is 5.91 Å². The van der Waals surface area contributed by atoms with Crippen molar-refractivity contribution >= 4 is 34.2 Å². The lowest BCUT2D eigenvalue weighted by molar-refractivity contribution is -0.123. The van der Waals surface area contributed by atoms with Crippen LogP contribution in [0.1, 0.15) is 24.2 Å². The molecule has 1 N–H and O–H groups in total. The summed E-state index contributed by atoms with van der Waals surface area (Å²) in [5, 5.41) is 4.51. The third-order valence-electron chi connectivity index (χ3n) is 5.39. The number of amides is 1. The van der Waals surface area contributed by atoms with Crippen LogP contribution < -0.4 is 15.0 Å². The third kappa shape index (κ3) is 6.40. The fourth-order valence-corrected chi connectivity index (χ4v) is 4.41. The summed E-state index contributed by atoms with van der Waals surface area (Å²) in [7, 11) is 0. The minimum absolute atomic E-state index is 0.0118. The summed E-state index contributed by atoms with van der Waals surface area (Å²) in [6.45, 7) is 2.39. The molecule has 2 aromatic carbocycles. The average Bonchev–Trinajstić information content (AvgIpc) is 3.28. The summed E-state index contributed by atoms with van der Waals surface area (Å²) >= 11 is 7.24. The van der Waals surface area contributed by atoms with Crippen molar-refractivity contribution in [3.8, 4) is 5.75 Å². The molecule has 0 unspecified atom stereocenters. The van der Waals surface area contributed by atoms with Crippen LogP contribution in [-0.2, 0) is 11.2 Å². The van der Waals surface area contributed by atoms with E-state index in [4.69, 9.17) is 16.3 Å². The van der Waals surface area contributed by atoms with Gasteiger partial charge in [0.15, 0.2) is 6.61 Å². The van der Waals surface area contributed by atoms with Gasteiger partial charge in [0.05, 0.1) is 0 Å². The first-order valence-electron chi connectivity index (χ1n) is 10.5. The number of ether oxygens (including phenoxy) is 1. The molecule has 1 aliphatic rings. The number of carbonyl (C=O) groups is 1. The zero-order chi connectivity index (χ0) is 22.3. The van der Waals surface area contributed by atoms with E-state index in [0.717, 1.165) is 42.5 Å². The molecule has 6 nitrogen and oxygen atoms in total. The van der Waals surface area contributed by atoms with Crippen LogP contribution in [-0.4, -0.2) is 41.5 Å². The average molecular weight is 475 g/mol. The maximum absolute atomic E-state index is 13.1. The molecule has 0 aliphatic carbocycles. The van der Waals surface area contributed by atoms with E-state index in [1.807, 2.05) is 0 Å². The Kier molecular flexibility index (Phi) is 7.55. The van der Waals surface area contributed by atoms with Gasteiger partial charge < -0.3 is 15.0 Å². The number of halogens is 2. The molecule has 3 aromatic rings. The molecular weight excluding hydrogens is 451 g/mol. The van der Waals surface area contributed by atoms with E-state index in [9.17, 15) is 9.18 Å². The van der Waals surface area contributed by atoms with Crippen molar-refractivity contribution in [2.24, 2.45) is 5.92 Å². The highest BCUT2D eigenvalue weighted by Gasteiger charge is 2.22. The van der Waals surface area contributed by atoms with Crippen molar-refractivity contribution in [3.05, 3.63) is 70.8 Å². The van der Waals surface area contributed by atoms with Gasteiger partial charge in [-0.3, -0.25) is 4.79 Å².